The SMILES string of the molecule is CC(=O)c1ccc(N2CCN(C(=O)Cn3c(C)cc4ccccc43)CC2)c(F)c1. The molecule has 150 valence electrons. The Bertz CT molecular complexity index is 1080. The Morgan fingerprint density at radius 1 is 1.00 bits per heavy atom. The van der Waals surface area contributed by atoms with Crippen molar-refractivity contribution >= 4 is 28.3 Å². The normalized spacial score (nSPS) is 14.4. The zero-order chi connectivity index (χ0) is 20.5. The van der Waals surface area contributed by atoms with Crippen LogP contribution in [-0.2, 0) is 11.3 Å². The lowest BCUT2D eigenvalue weighted by atomic mass is 10.1. The number of ketones is 1. The van der Waals surface area contributed by atoms with E-state index in [9.17, 15) is 14.0 Å². The highest BCUT2D eigenvalue weighted by atomic mass is 19.1. The van der Waals surface area contributed by atoms with Crippen LogP contribution in [-0.4, -0.2) is 47.3 Å². The summed E-state index contributed by atoms with van der Waals surface area (Å²) in [7, 11) is 0. The van der Waals surface area contributed by atoms with Gasteiger partial charge in [0, 0.05) is 43.0 Å². The lowest BCUT2D eigenvalue weighted by Gasteiger charge is -2.36. The van der Waals surface area contributed by atoms with Crippen LogP contribution < -0.4 is 4.90 Å². The second-order valence-corrected chi connectivity index (χ2v) is 7.52. The molecule has 1 aliphatic heterocycles. The first-order valence-corrected chi connectivity index (χ1v) is 9.82. The zero-order valence-corrected chi connectivity index (χ0v) is 16.7. The average molecular weight is 393 g/mol. The van der Waals surface area contributed by atoms with Crippen LogP contribution in [0.3, 0.4) is 0 Å². The van der Waals surface area contributed by atoms with Crippen LogP contribution in [0.25, 0.3) is 10.9 Å². The molecule has 0 bridgehead atoms. The maximum atomic E-state index is 14.4. The molecule has 5 nitrogen and oxygen atoms in total. The molecule has 0 spiro atoms. The van der Waals surface area contributed by atoms with Gasteiger partial charge in [0.25, 0.3) is 0 Å². The first kappa shape index (κ1) is 19.2. The number of amides is 1. The number of nitrogens with zero attached hydrogens (tertiary/aromatic N) is 3. The van der Waals surface area contributed by atoms with Gasteiger partial charge in [-0.3, -0.25) is 9.59 Å². The van der Waals surface area contributed by atoms with Gasteiger partial charge in [0.05, 0.1) is 5.69 Å². The number of anilines is 1. The fourth-order valence-corrected chi connectivity index (χ4v) is 3.97. The van der Waals surface area contributed by atoms with Gasteiger partial charge in [-0.25, -0.2) is 4.39 Å². The van der Waals surface area contributed by atoms with Crippen molar-refractivity contribution in [1.29, 1.82) is 0 Å². The lowest BCUT2D eigenvalue weighted by Crippen LogP contribution is -2.49. The fraction of sp³-hybridized carbons (Fsp3) is 0.304. The summed E-state index contributed by atoms with van der Waals surface area (Å²) in [5.74, 6) is -0.480. The Balaban J connectivity index is 1.42. The predicted octanol–water partition coefficient (Wildman–Crippen LogP) is 3.64. The van der Waals surface area contributed by atoms with Gasteiger partial charge in [0.1, 0.15) is 12.4 Å². The van der Waals surface area contributed by atoms with Crippen molar-refractivity contribution in [2.45, 2.75) is 20.4 Å². The van der Waals surface area contributed by atoms with E-state index in [2.05, 4.69) is 6.07 Å². The molecule has 6 heteroatoms. The molecule has 1 amide bonds. The van der Waals surface area contributed by atoms with Crippen LogP contribution in [0.2, 0.25) is 0 Å². The number of hydrogen-bond acceptors (Lipinski definition) is 3. The summed E-state index contributed by atoms with van der Waals surface area (Å²) < 4.78 is 16.5. The third-order valence-electron chi connectivity index (χ3n) is 5.64. The molecule has 2 heterocycles. The number of fused-ring (bicyclic) bond motifs is 1. The molecule has 1 fully saturated rings. The number of para-hydroxylation sites is 1. The third-order valence-corrected chi connectivity index (χ3v) is 5.64. The van der Waals surface area contributed by atoms with Gasteiger partial charge >= 0.3 is 0 Å². The Morgan fingerprint density at radius 3 is 2.41 bits per heavy atom. The van der Waals surface area contributed by atoms with Crippen LogP contribution in [0.15, 0.2) is 48.5 Å². The number of hydrogen-bond donors (Lipinski definition) is 0. The minimum Gasteiger partial charge on any atom is -0.366 e. The van der Waals surface area contributed by atoms with E-state index in [1.807, 2.05) is 45.6 Å². The number of benzene rings is 2. The fourth-order valence-electron chi connectivity index (χ4n) is 3.97. The smallest absolute Gasteiger partial charge is 0.242 e. The van der Waals surface area contributed by atoms with Crippen molar-refractivity contribution in [1.82, 2.24) is 9.47 Å². The van der Waals surface area contributed by atoms with Gasteiger partial charge in [-0.2, -0.15) is 0 Å². The highest BCUT2D eigenvalue weighted by molar-refractivity contribution is 5.94. The van der Waals surface area contributed by atoms with Crippen LogP contribution in [0.4, 0.5) is 10.1 Å². The number of halogens is 1. The molecule has 0 atom stereocenters. The van der Waals surface area contributed by atoms with Crippen LogP contribution in [0, 0.1) is 12.7 Å². The summed E-state index contributed by atoms with van der Waals surface area (Å²) in [6.45, 7) is 5.96. The minimum absolute atomic E-state index is 0.0708. The molecule has 29 heavy (non-hydrogen) atoms. The summed E-state index contributed by atoms with van der Waals surface area (Å²) in [6.07, 6.45) is 0. The van der Waals surface area contributed by atoms with E-state index in [4.69, 9.17) is 0 Å². The number of carbonyl (C=O) groups is 2. The summed E-state index contributed by atoms with van der Waals surface area (Å²) in [5, 5.41) is 1.13. The van der Waals surface area contributed by atoms with Gasteiger partial charge < -0.3 is 14.4 Å². The van der Waals surface area contributed by atoms with Gasteiger partial charge in [0.15, 0.2) is 5.78 Å². The summed E-state index contributed by atoms with van der Waals surface area (Å²) >= 11 is 0. The molecule has 1 saturated heterocycles. The largest absolute Gasteiger partial charge is 0.366 e. The molecule has 0 N–H and O–H groups in total. The van der Waals surface area contributed by atoms with E-state index >= 15 is 0 Å². The molecule has 0 unspecified atom stereocenters. The van der Waals surface area contributed by atoms with E-state index in [0.29, 0.717) is 44.0 Å². The molecular formula is C23H24FN3O2. The second-order valence-electron chi connectivity index (χ2n) is 7.52. The highest BCUT2D eigenvalue weighted by Gasteiger charge is 2.24. The maximum absolute atomic E-state index is 14.4. The number of carbonyl (C=O) groups excluding carboxylic acids is 2. The Hall–Kier alpha value is -3.15. The van der Waals surface area contributed by atoms with Crippen LogP contribution >= 0.6 is 0 Å². The molecule has 0 radical (unpaired) electrons. The summed E-state index contributed by atoms with van der Waals surface area (Å²) in [5.41, 5.74) is 2.97. The number of aromatic nitrogens is 1. The van der Waals surface area contributed by atoms with Crippen molar-refractivity contribution in [3.05, 3.63) is 65.6 Å². The van der Waals surface area contributed by atoms with Crippen molar-refractivity contribution in [3.8, 4) is 0 Å². The molecular weight excluding hydrogens is 369 g/mol. The number of Topliss-reactive ketones (excluding diaryl/α,β-unsaturated/α-hetero) is 1. The van der Waals surface area contributed by atoms with Gasteiger partial charge in [-0.1, -0.05) is 18.2 Å². The quantitative estimate of drug-likeness (QED) is 0.636. The van der Waals surface area contributed by atoms with Gasteiger partial charge in [0.2, 0.25) is 5.91 Å². The molecule has 3 aromatic rings. The molecule has 2 aromatic carbocycles. The predicted molar refractivity (Wildman–Crippen MR) is 112 cm³/mol. The molecule has 1 aliphatic rings. The third kappa shape index (κ3) is 3.75. The van der Waals surface area contributed by atoms with Crippen molar-refractivity contribution in [2.24, 2.45) is 0 Å². The average Bonchev–Trinajstić information content (AvgIpc) is 3.03. The molecule has 0 aliphatic carbocycles. The number of aryl methyl sites for hydroxylation is 1. The number of piperazine rings is 1. The first-order chi connectivity index (χ1) is 13.9. The van der Waals surface area contributed by atoms with E-state index in [1.165, 1.54) is 13.0 Å². The van der Waals surface area contributed by atoms with Crippen LogP contribution in [0.1, 0.15) is 23.0 Å². The topological polar surface area (TPSA) is 45.6 Å². The Kier molecular flexibility index (Phi) is 5.09. The van der Waals surface area contributed by atoms with E-state index in [0.717, 1.165) is 16.6 Å². The van der Waals surface area contributed by atoms with E-state index in [1.54, 1.807) is 12.1 Å². The van der Waals surface area contributed by atoms with Crippen molar-refractivity contribution in [2.75, 3.05) is 31.1 Å². The van der Waals surface area contributed by atoms with Crippen molar-refractivity contribution in [3.63, 3.8) is 0 Å². The zero-order valence-electron chi connectivity index (χ0n) is 16.7. The summed E-state index contributed by atoms with van der Waals surface area (Å²) in [4.78, 5) is 28.0. The molecule has 0 saturated carbocycles. The summed E-state index contributed by atoms with van der Waals surface area (Å²) in [6, 6.07) is 14.7. The van der Waals surface area contributed by atoms with Gasteiger partial charge in [-0.05, 0) is 49.6 Å². The maximum Gasteiger partial charge on any atom is 0.242 e. The van der Waals surface area contributed by atoms with Crippen LogP contribution in [0.5, 0.6) is 0 Å². The van der Waals surface area contributed by atoms with Crippen molar-refractivity contribution < 1.29 is 14.0 Å². The van der Waals surface area contributed by atoms with Gasteiger partial charge in [-0.15, -0.1) is 0 Å². The highest BCUT2D eigenvalue weighted by Crippen LogP contribution is 2.23. The van der Waals surface area contributed by atoms with E-state index < -0.39 is 5.82 Å². The molecule has 1 aromatic heterocycles. The first-order valence-electron chi connectivity index (χ1n) is 9.82. The monoisotopic (exact) mass is 393 g/mol. The second kappa shape index (κ2) is 7.70. The van der Waals surface area contributed by atoms with E-state index in [-0.39, 0.29) is 11.7 Å². The standard InChI is InChI=1S/C23H24FN3O2/c1-16-13-19-5-3-4-6-21(19)27(16)15-23(29)26-11-9-25(10-12-26)22-8-7-18(17(2)28)14-20(22)24/h3-8,13-14H,9-12,15H2,1-2H3. The minimum atomic E-state index is -0.396. The number of rotatable bonds is 4. The Labute approximate surface area is 169 Å². The lowest BCUT2D eigenvalue weighted by molar-refractivity contribution is -0.132. The Morgan fingerprint density at radius 2 is 1.72 bits per heavy atom. The molecule has 4 rings (SSSR count).